The normalized spacial score (nSPS) is 11.3. The van der Waals surface area contributed by atoms with Crippen LogP contribution in [0.3, 0.4) is 0 Å². The molecule has 0 saturated heterocycles. The van der Waals surface area contributed by atoms with E-state index in [0.717, 1.165) is 4.47 Å². The summed E-state index contributed by atoms with van der Waals surface area (Å²) in [5.41, 5.74) is 0.346. The molecule has 1 N–H and O–H groups in total. The molecule has 7 heteroatoms. The molecule has 0 heterocycles. The predicted octanol–water partition coefficient (Wildman–Crippen LogP) is 4.67. The Morgan fingerprint density at radius 3 is 2.37 bits per heavy atom. The molecule has 0 fully saturated rings. The highest BCUT2D eigenvalue weighted by Crippen LogP contribution is 2.29. The van der Waals surface area contributed by atoms with E-state index in [4.69, 9.17) is 11.6 Å². The molecule has 3 nitrogen and oxygen atoms in total. The summed E-state index contributed by atoms with van der Waals surface area (Å²) in [6.07, 6.45) is 0. The first-order valence-corrected chi connectivity index (χ1v) is 8.57. The Morgan fingerprint density at radius 2 is 1.74 bits per heavy atom. The molecule has 2 aromatic carbocycles. The lowest BCUT2D eigenvalue weighted by Gasteiger charge is -2.11. The second-order valence-corrected chi connectivity index (χ2v) is 7.49. The Kier molecular flexibility index (Phi) is 4.55. The van der Waals surface area contributed by atoms with E-state index in [1.54, 1.807) is 36.4 Å². The number of para-hydroxylation sites is 1. The number of rotatable bonds is 3. The van der Waals surface area contributed by atoms with E-state index in [9.17, 15) is 8.42 Å². The monoisotopic (exact) mass is 423 g/mol. The van der Waals surface area contributed by atoms with Crippen LogP contribution in [0.2, 0.25) is 5.02 Å². The molecule has 0 amide bonds. The van der Waals surface area contributed by atoms with Crippen molar-refractivity contribution in [3.05, 3.63) is 56.4 Å². The van der Waals surface area contributed by atoms with E-state index in [-0.39, 0.29) is 4.90 Å². The lowest BCUT2D eigenvalue weighted by molar-refractivity contribution is 0.600. The van der Waals surface area contributed by atoms with Gasteiger partial charge in [-0.25, -0.2) is 8.42 Å². The standard InChI is InChI=1S/C12H8Br2ClNO2S/c13-8-5-6-12(9(14)7-8)19(17,18)16-11-4-2-1-3-10(11)15/h1-7,16H. The zero-order valence-electron chi connectivity index (χ0n) is 9.40. The van der Waals surface area contributed by atoms with Crippen LogP contribution in [0.1, 0.15) is 0 Å². The van der Waals surface area contributed by atoms with Gasteiger partial charge in [-0.1, -0.05) is 39.7 Å². The fraction of sp³-hybridized carbons (Fsp3) is 0. The Balaban J connectivity index is 2.41. The third-order valence-electron chi connectivity index (χ3n) is 2.30. The van der Waals surface area contributed by atoms with Crippen molar-refractivity contribution >= 4 is 59.2 Å². The molecule has 0 bridgehead atoms. The molecule has 2 aromatic rings. The average Bonchev–Trinajstić information content (AvgIpc) is 2.31. The van der Waals surface area contributed by atoms with Gasteiger partial charge >= 0.3 is 0 Å². The number of halogens is 3. The number of benzene rings is 2. The van der Waals surface area contributed by atoms with Gasteiger partial charge in [-0.2, -0.15) is 0 Å². The minimum atomic E-state index is -3.69. The quantitative estimate of drug-likeness (QED) is 0.777. The fourth-order valence-corrected chi connectivity index (χ4v) is 4.50. The maximum Gasteiger partial charge on any atom is 0.263 e. The predicted molar refractivity (Wildman–Crippen MR) is 84.1 cm³/mol. The third kappa shape index (κ3) is 3.51. The number of sulfonamides is 1. The smallest absolute Gasteiger partial charge is 0.263 e. The second kappa shape index (κ2) is 5.83. The summed E-state index contributed by atoms with van der Waals surface area (Å²) in [6.45, 7) is 0. The first-order chi connectivity index (χ1) is 8.90. The Labute approximate surface area is 133 Å². The number of hydrogen-bond acceptors (Lipinski definition) is 2. The molecule has 100 valence electrons. The highest BCUT2D eigenvalue weighted by molar-refractivity contribution is 9.11. The summed E-state index contributed by atoms with van der Waals surface area (Å²) in [5, 5.41) is 0.347. The van der Waals surface area contributed by atoms with E-state index in [2.05, 4.69) is 36.6 Å². The minimum Gasteiger partial charge on any atom is -0.278 e. The first-order valence-electron chi connectivity index (χ1n) is 5.12. The van der Waals surface area contributed by atoms with Crippen LogP contribution in [-0.2, 0) is 10.0 Å². The van der Waals surface area contributed by atoms with Crippen molar-refractivity contribution < 1.29 is 8.42 Å². The molecule has 19 heavy (non-hydrogen) atoms. The molecule has 2 rings (SSSR count). The lowest BCUT2D eigenvalue weighted by Crippen LogP contribution is -2.13. The highest BCUT2D eigenvalue weighted by atomic mass is 79.9. The van der Waals surface area contributed by atoms with Crippen LogP contribution in [0.25, 0.3) is 0 Å². The summed E-state index contributed by atoms with van der Waals surface area (Å²) in [4.78, 5) is 0.149. The van der Waals surface area contributed by atoms with Gasteiger partial charge in [0.1, 0.15) is 4.90 Å². The van der Waals surface area contributed by atoms with Crippen molar-refractivity contribution in [2.45, 2.75) is 4.90 Å². The number of nitrogens with one attached hydrogen (secondary N) is 1. The van der Waals surface area contributed by atoms with Crippen molar-refractivity contribution in [3.8, 4) is 0 Å². The van der Waals surface area contributed by atoms with E-state index in [1.165, 1.54) is 6.07 Å². The van der Waals surface area contributed by atoms with Crippen LogP contribution in [-0.4, -0.2) is 8.42 Å². The summed E-state index contributed by atoms with van der Waals surface area (Å²) < 4.78 is 28.3. The molecule has 0 saturated carbocycles. The molecule has 0 radical (unpaired) electrons. The van der Waals surface area contributed by atoms with Crippen LogP contribution in [0.4, 0.5) is 5.69 Å². The molecule has 0 aliphatic rings. The van der Waals surface area contributed by atoms with E-state index >= 15 is 0 Å². The van der Waals surface area contributed by atoms with Crippen LogP contribution in [0.15, 0.2) is 56.3 Å². The first kappa shape index (κ1) is 14.8. The molecule has 0 aromatic heterocycles. The van der Waals surface area contributed by atoms with Crippen LogP contribution in [0, 0.1) is 0 Å². The lowest BCUT2D eigenvalue weighted by atomic mass is 10.3. The molecule has 0 spiro atoms. The zero-order chi connectivity index (χ0) is 14.0. The third-order valence-corrected chi connectivity index (χ3v) is 5.47. The molecular weight excluding hydrogens is 417 g/mol. The van der Waals surface area contributed by atoms with Crippen LogP contribution >= 0.6 is 43.5 Å². The van der Waals surface area contributed by atoms with Crippen molar-refractivity contribution in [3.63, 3.8) is 0 Å². The van der Waals surface area contributed by atoms with Crippen molar-refractivity contribution in [1.29, 1.82) is 0 Å². The average molecular weight is 426 g/mol. The molecule has 0 aliphatic heterocycles. The van der Waals surface area contributed by atoms with Gasteiger partial charge < -0.3 is 0 Å². The second-order valence-electron chi connectivity index (χ2n) is 3.66. The number of hydrogen-bond donors (Lipinski definition) is 1. The van der Waals surface area contributed by atoms with Gasteiger partial charge in [0.25, 0.3) is 10.0 Å². The van der Waals surface area contributed by atoms with Crippen LogP contribution in [0.5, 0.6) is 0 Å². The summed E-state index contributed by atoms with van der Waals surface area (Å²) >= 11 is 12.4. The van der Waals surface area contributed by atoms with Gasteiger partial charge in [0.05, 0.1) is 10.7 Å². The van der Waals surface area contributed by atoms with E-state index < -0.39 is 10.0 Å². The van der Waals surface area contributed by atoms with Crippen molar-refractivity contribution in [2.75, 3.05) is 4.72 Å². The maximum absolute atomic E-state index is 12.3. The Morgan fingerprint density at radius 1 is 1.05 bits per heavy atom. The van der Waals surface area contributed by atoms with Gasteiger partial charge in [-0.05, 0) is 46.3 Å². The largest absolute Gasteiger partial charge is 0.278 e. The maximum atomic E-state index is 12.3. The summed E-state index contributed by atoms with van der Waals surface area (Å²) in [5.74, 6) is 0. The Hall–Kier alpha value is -0.560. The van der Waals surface area contributed by atoms with Gasteiger partial charge in [0.2, 0.25) is 0 Å². The zero-order valence-corrected chi connectivity index (χ0v) is 14.1. The fourth-order valence-electron chi connectivity index (χ4n) is 1.44. The van der Waals surface area contributed by atoms with E-state index in [1.807, 2.05) is 0 Å². The molecular formula is C12H8Br2ClNO2S. The molecule has 0 atom stereocenters. The topological polar surface area (TPSA) is 46.2 Å². The number of anilines is 1. The minimum absolute atomic E-state index is 0.149. The highest BCUT2D eigenvalue weighted by Gasteiger charge is 2.18. The molecule has 0 unspecified atom stereocenters. The van der Waals surface area contributed by atoms with Crippen LogP contribution < -0.4 is 4.72 Å². The van der Waals surface area contributed by atoms with E-state index in [0.29, 0.717) is 15.2 Å². The van der Waals surface area contributed by atoms with Gasteiger partial charge in [0.15, 0.2) is 0 Å². The van der Waals surface area contributed by atoms with Gasteiger partial charge in [-0.15, -0.1) is 0 Å². The van der Waals surface area contributed by atoms with Gasteiger partial charge in [0, 0.05) is 8.95 Å². The summed E-state index contributed by atoms with van der Waals surface area (Å²) in [7, 11) is -3.69. The molecule has 0 aliphatic carbocycles. The van der Waals surface area contributed by atoms with Gasteiger partial charge in [-0.3, -0.25) is 4.72 Å². The van der Waals surface area contributed by atoms with Crippen molar-refractivity contribution in [2.24, 2.45) is 0 Å². The van der Waals surface area contributed by atoms with Crippen molar-refractivity contribution in [1.82, 2.24) is 0 Å². The SMILES string of the molecule is O=S(=O)(Nc1ccccc1Cl)c1ccc(Br)cc1Br. The Bertz CT molecular complexity index is 719. The summed E-state index contributed by atoms with van der Waals surface area (Å²) in [6, 6.07) is 11.5.